The predicted octanol–water partition coefficient (Wildman–Crippen LogP) is 0.880. The van der Waals surface area contributed by atoms with Crippen LogP contribution in [0.3, 0.4) is 0 Å². The maximum absolute atomic E-state index is 13.7. The van der Waals surface area contributed by atoms with Crippen molar-refractivity contribution >= 4 is 50.6 Å². The quantitative estimate of drug-likeness (QED) is 0.0538. The molecule has 3 amide bonds. The monoisotopic (exact) mass is 809 g/mol. The van der Waals surface area contributed by atoms with E-state index in [1.807, 2.05) is 23.9 Å². The number of carbonyl (C=O) groups excluding carboxylic acids is 4. The number of fused-ring (bicyclic) bond motifs is 1. The molecule has 0 unspecified atom stereocenters. The lowest BCUT2D eigenvalue weighted by Gasteiger charge is -2.20. The second-order valence-corrected chi connectivity index (χ2v) is 15.1. The smallest absolute Gasteiger partial charge is 0.325 e. The van der Waals surface area contributed by atoms with Gasteiger partial charge in [0.2, 0.25) is 33.2 Å². The highest BCUT2D eigenvalue weighted by atomic mass is 32.2. The van der Waals surface area contributed by atoms with E-state index in [9.17, 15) is 32.4 Å². The van der Waals surface area contributed by atoms with Gasteiger partial charge in [0.15, 0.2) is 0 Å². The van der Waals surface area contributed by atoms with Crippen molar-refractivity contribution in [1.29, 1.82) is 0 Å². The molecule has 0 fully saturated rings. The van der Waals surface area contributed by atoms with E-state index in [4.69, 9.17) is 15.2 Å². The first-order valence-corrected chi connectivity index (χ1v) is 19.8. The van der Waals surface area contributed by atoms with E-state index in [-0.39, 0.29) is 48.4 Å². The fourth-order valence-electron chi connectivity index (χ4n) is 6.00. The minimum Gasteiger partial charge on any atom is -0.494 e. The zero-order chi connectivity index (χ0) is 41.9. The van der Waals surface area contributed by atoms with Crippen LogP contribution in [0.2, 0.25) is 0 Å². The van der Waals surface area contributed by atoms with E-state index in [2.05, 4.69) is 31.0 Å². The third-order valence-corrected chi connectivity index (χ3v) is 10.8. The van der Waals surface area contributed by atoms with E-state index in [0.717, 1.165) is 12.7 Å². The van der Waals surface area contributed by atoms with Crippen LogP contribution in [-0.4, -0.2) is 91.7 Å². The largest absolute Gasteiger partial charge is 0.494 e. The first-order chi connectivity index (χ1) is 27.1. The standard InChI is InChI=1S/C38H51N9O9S/c1-7-29(39)36(51)41-13-12-40-32(48)9-8-16-56-26-17-23(2)34(24(3)18-26)57(53,54)45-30(37(52)55-6)21-43-35(50)28-22-47(5)31-19-25(10-11-27(31)33(28)49)20-44-38-42-14-15-46(38)4/h10-11,14-15,17-19,22,29-30,45H,7-9,12-13,16,20-21,39H2,1-6H3,(H,40,48)(H,41,51)(H,42,44)(H,43,50)/t29-,30-/m0/s1. The van der Waals surface area contributed by atoms with Gasteiger partial charge < -0.3 is 45.6 Å². The molecule has 0 saturated carbocycles. The summed E-state index contributed by atoms with van der Waals surface area (Å²) in [5, 5.41) is 11.4. The number of esters is 1. The molecule has 18 nitrogen and oxygen atoms in total. The molecule has 2 heterocycles. The van der Waals surface area contributed by atoms with E-state index in [0.29, 0.717) is 53.1 Å². The Balaban J connectivity index is 1.35. The minimum atomic E-state index is -4.35. The minimum absolute atomic E-state index is 0.0978. The van der Waals surface area contributed by atoms with Crippen molar-refractivity contribution in [3.8, 4) is 5.75 Å². The molecule has 308 valence electrons. The Labute approximate surface area is 330 Å². The summed E-state index contributed by atoms with van der Waals surface area (Å²) in [5.41, 5.74) is 7.04. The van der Waals surface area contributed by atoms with Crippen LogP contribution in [0.25, 0.3) is 10.9 Å². The fraction of sp³-hybridized carbons (Fsp3) is 0.421. The zero-order valence-corrected chi connectivity index (χ0v) is 33.7. The summed E-state index contributed by atoms with van der Waals surface area (Å²) in [6.45, 7) is 5.56. The Kier molecular flexibility index (Phi) is 15.3. The lowest BCUT2D eigenvalue weighted by Crippen LogP contribution is -2.49. The highest BCUT2D eigenvalue weighted by molar-refractivity contribution is 7.89. The number of nitrogens with one attached hydrogen (secondary N) is 5. The molecule has 0 aliphatic rings. The summed E-state index contributed by atoms with van der Waals surface area (Å²) in [6, 6.07) is 6.16. The number of amides is 3. The van der Waals surface area contributed by atoms with Crippen molar-refractivity contribution in [2.75, 3.05) is 38.7 Å². The Morgan fingerprint density at radius 2 is 1.68 bits per heavy atom. The summed E-state index contributed by atoms with van der Waals surface area (Å²) in [6.07, 6.45) is 5.93. The highest BCUT2D eigenvalue weighted by Crippen LogP contribution is 2.26. The van der Waals surface area contributed by atoms with Crippen molar-refractivity contribution < 1.29 is 37.1 Å². The summed E-state index contributed by atoms with van der Waals surface area (Å²) < 4.78 is 43.7. The number of pyridine rings is 1. The molecule has 0 radical (unpaired) electrons. The molecule has 2 aromatic carbocycles. The van der Waals surface area contributed by atoms with Gasteiger partial charge in [-0.1, -0.05) is 13.0 Å². The number of hydrogen-bond donors (Lipinski definition) is 6. The molecular formula is C38H51N9O9S. The summed E-state index contributed by atoms with van der Waals surface area (Å²) in [7, 11) is 0.286. The van der Waals surface area contributed by atoms with Crippen molar-refractivity contribution in [3.63, 3.8) is 0 Å². The first kappa shape index (κ1) is 43.9. The Morgan fingerprint density at radius 1 is 0.982 bits per heavy atom. The Hall–Kier alpha value is -5.79. The van der Waals surface area contributed by atoms with Gasteiger partial charge in [0.25, 0.3) is 5.91 Å². The summed E-state index contributed by atoms with van der Waals surface area (Å²) in [5.74, 6) is -1.20. The first-order valence-electron chi connectivity index (χ1n) is 18.3. The van der Waals surface area contributed by atoms with Gasteiger partial charge in [-0.25, -0.2) is 13.4 Å². The fourth-order valence-corrected chi connectivity index (χ4v) is 7.64. The van der Waals surface area contributed by atoms with Crippen LogP contribution in [0, 0.1) is 13.8 Å². The number of nitrogens with zero attached hydrogens (tertiary/aromatic N) is 3. The average molecular weight is 810 g/mol. The van der Waals surface area contributed by atoms with Gasteiger partial charge in [-0.15, -0.1) is 0 Å². The van der Waals surface area contributed by atoms with Gasteiger partial charge in [0, 0.05) is 70.7 Å². The van der Waals surface area contributed by atoms with Crippen LogP contribution >= 0.6 is 0 Å². The number of aromatic nitrogens is 3. The van der Waals surface area contributed by atoms with E-state index in [1.54, 1.807) is 50.7 Å². The predicted molar refractivity (Wildman–Crippen MR) is 213 cm³/mol. The lowest BCUT2D eigenvalue weighted by molar-refractivity contribution is -0.142. The number of imidazole rings is 1. The number of carbonyl (C=O) groups is 4. The molecule has 57 heavy (non-hydrogen) atoms. The molecule has 4 rings (SSSR count). The van der Waals surface area contributed by atoms with Gasteiger partial charge in [-0.3, -0.25) is 24.0 Å². The molecule has 2 atom stereocenters. The molecule has 0 bridgehead atoms. The second-order valence-electron chi connectivity index (χ2n) is 13.5. The van der Waals surface area contributed by atoms with Crippen LogP contribution < -0.4 is 41.9 Å². The summed E-state index contributed by atoms with van der Waals surface area (Å²) >= 11 is 0. The number of aryl methyl sites for hydroxylation is 4. The van der Waals surface area contributed by atoms with Gasteiger partial charge >= 0.3 is 5.97 Å². The van der Waals surface area contributed by atoms with Gasteiger partial charge in [0.05, 0.1) is 30.2 Å². The Bertz CT molecular complexity index is 2250. The molecule has 0 spiro atoms. The molecule has 0 aliphatic carbocycles. The van der Waals surface area contributed by atoms with Crippen LogP contribution in [-0.2, 0) is 49.8 Å². The van der Waals surface area contributed by atoms with Gasteiger partial charge in [0.1, 0.15) is 17.4 Å². The van der Waals surface area contributed by atoms with E-state index in [1.165, 1.54) is 18.3 Å². The maximum atomic E-state index is 13.7. The van der Waals surface area contributed by atoms with Crippen LogP contribution in [0.4, 0.5) is 5.95 Å². The topological polar surface area (TPSA) is 247 Å². The lowest BCUT2D eigenvalue weighted by atomic mass is 10.1. The number of hydrogen-bond acceptors (Lipinski definition) is 12. The number of anilines is 1. The molecule has 0 saturated heterocycles. The molecule has 4 aromatic rings. The number of nitrogens with two attached hydrogens (primary N) is 1. The molecule has 2 aromatic heterocycles. The van der Waals surface area contributed by atoms with Crippen molar-refractivity contribution in [3.05, 3.63) is 81.4 Å². The van der Waals surface area contributed by atoms with Gasteiger partial charge in [-0.05, 0) is 67.6 Å². The third kappa shape index (κ3) is 11.6. The molecular weight excluding hydrogens is 759 g/mol. The Morgan fingerprint density at radius 3 is 2.33 bits per heavy atom. The molecule has 7 N–H and O–H groups in total. The second kappa shape index (κ2) is 19.9. The number of sulfonamides is 1. The van der Waals surface area contributed by atoms with Crippen molar-refractivity contribution in [1.82, 2.24) is 34.8 Å². The molecule has 19 heteroatoms. The van der Waals surface area contributed by atoms with E-state index < -0.39 is 46.0 Å². The highest BCUT2D eigenvalue weighted by Gasteiger charge is 2.30. The maximum Gasteiger partial charge on any atom is 0.325 e. The normalized spacial score (nSPS) is 12.4. The number of methoxy groups -OCH3 is 1. The number of benzene rings is 2. The number of ether oxygens (including phenoxy) is 2. The van der Waals surface area contributed by atoms with Crippen LogP contribution in [0.1, 0.15) is 53.2 Å². The van der Waals surface area contributed by atoms with E-state index >= 15 is 0 Å². The summed E-state index contributed by atoms with van der Waals surface area (Å²) in [4.78, 5) is 67.5. The third-order valence-electron chi connectivity index (χ3n) is 9.06. The SMILES string of the molecule is CC[C@H](N)C(=O)NCCNC(=O)CCCOc1cc(C)c(S(=O)(=O)N[C@@H](CNC(=O)c2cn(C)c3cc(CNc4nccn4C)ccc3c2=O)C(=O)OC)c(C)c1. The van der Waals surface area contributed by atoms with Crippen molar-refractivity contribution in [2.45, 2.75) is 63.6 Å². The van der Waals surface area contributed by atoms with Crippen molar-refractivity contribution in [2.24, 2.45) is 19.8 Å². The van der Waals surface area contributed by atoms with Crippen LogP contribution in [0.15, 0.2) is 58.6 Å². The van der Waals surface area contributed by atoms with Gasteiger partial charge in [-0.2, -0.15) is 4.72 Å². The molecule has 0 aliphatic heterocycles. The van der Waals surface area contributed by atoms with Crippen LogP contribution in [0.5, 0.6) is 5.75 Å². The number of rotatable bonds is 20. The zero-order valence-electron chi connectivity index (χ0n) is 32.9. The average Bonchev–Trinajstić information content (AvgIpc) is 3.59.